The predicted molar refractivity (Wildman–Crippen MR) is 24.3 cm³/mol. The van der Waals surface area contributed by atoms with Gasteiger partial charge >= 0.3 is 55.7 Å². The minimum absolute atomic E-state index is 0. The minimum atomic E-state index is -1.24. The normalized spacial score (nSPS) is 3.78. The van der Waals surface area contributed by atoms with Crippen LogP contribution in [0.15, 0.2) is 0 Å². The van der Waals surface area contributed by atoms with Crippen LogP contribution in [0.2, 0.25) is 0 Å². The van der Waals surface area contributed by atoms with Crippen molar-refractivity contribution in [2.24, 2.45) is 0 Å². The van der Waals surface area contributed by atoms with Crippen molar-refractivity contribution < 1.29 is 89.0 Å². The first kappa shape index (κ1) is 17.1. The Morgan fingerprint density at radius 3 is 2.11 bits per heavy atom. The van der Waals surface area contributed by atoms with Crippen LogP contribution >= 0.6 is 0 Å². The van der Waals surface area contributed by atoms with Gasteiger partial charge in [-0.25, -0.2) is 0 Å². The molecular weight excluding hydrogens is 790 g/mol. The molecule has 0 N–H and O–H groups in total. The molecule has 9 heavy (non-hydrogen) atoms. The number of nitrogens with zero attached hydrogens (tertiary/aromatic N) is 2. The number of hydrogen-bond donors (Lipinski definition) is 0. The average Bonchev–Trinajstić information content (AvgIpc) is 1.72. The van der Waals surface area contributed by atoms with E-state index in [0.717, 1.165) is 0 Å². The average molecular weight is 792 g/mol. The van der Waals surface area contributed by atoms with Crippen molar-refractivity contribution in [2.45, 2.75) is 0 Å². The monoisotopic (exact) mass is 792 g/mol. The van der Waals surface area contributed by atoms with Gasteiger partial charge in [0.2, 0.25) is 0 Å². The number of hydrogen-bond acceptors (Lipinski definition) is 1. The van der Waals surface area contributed by atoms with E-state index in [4.69, 9.17) is 11.8 Å². The molecule has 0 fully saturated rings. The van der Waals surface area contributed by atoms with Gasteiger partial charge in [0.15, 0.2) is 0 Å². The second-order valence-electron chi connectivity index (χ2n) is 0.749. The molecule has 0 aromatic heterocycles. The maximum atomic E-state index is 8.04. The Hall–Kier alpha value is 1.88. The van der Waals surface area contributed by atoms with Crippen LogP contribution in [-0.2, 0) is 0 Å². The second kappa shape index (κ2) is 12.5. The molecule has 0 radical (unpaired) electrons. The van der Waals surface area contributed by atoms with Gasteiger partial charge in [-0.3, -0.25) is 0 Å². The Morgan fingerprint density at radius 1 is 1.67 bits per heavy atom. The molecule has 0 saturated carbocycles. The number of nitriles is 1. The van der Waals surface area contributed by atoms with Gasteiger partial charge in [0.05, 0.1) is 0 Å². The zero-order valence-corrected chi connectivity index (χ0v) is 17.1. The standard InChI is InChI=1S/C3N2.CH2.3U/c1-5-3-2-4;;;;/h;1H2;;;. The van der Waals surface area contributed by atoms with E-state index in [0.29, 0.717) is 2.65 Å². The number of rotatable bonds is 0. The summed E-state index contributed by atoms with van der Waals surface area (Å²) in [4.78, 5) is 2.96. The molecule has 0 aromatic rings. The van der Waals surface area contributed by atoms with Crippen LogP contribution in [0.3, 0.4) is 0 Å². The summed E-state index contributed by atoms with van der Waals surface area (Å²) >= 11 is -1.24. The van der Waals surface area contributed by atoms with Gasteiger partial charge in [-0.15, -0.1) is 0 Å². The summed E-state index contributed by atoms with van der Waals surface area (Å²) in [6, 6.07) is 1.79. The smallest absolute Gasteiger partial charge is 0 e. The largest absolute Gasteiger partial charge is 0 e. The van der Waals surface area contributed by atoms with Gasteiger partial charge in [-0.2, -0.15) is 0 Å². The molecule has 0 rings (SSSR count). The Balaban J connectivity index is -0.000000180. The molecule has 0 aliphatic heterocycles. The molecule has 0 heterocycles. The summed E-state index contributed by atoms with van der Waals surface area (Å²) in [5.41, 5.74) is 0. The molecule has 0 bridgehead atoms. The molecule has 0 unspecified atom stereocenters. The molecule has 0 aromatic carbocycles. The summed E-state index contributed by atoms with van der Waals surface area (Å²) < 4.78 is 3.94. The zero-order chi connectivity index (χ0) is 5.70. The maximum absolute atomic E-state index is 8.04. The molecule has 5 heteroatoms. The molecule has 0 saturated heterocycles. The van der Waals surface area contributed by atoms with Crippen LogP contribution in [0.5, 0.6) is 0 Å². The molecule has 2 nitrogen and oxygen atoms in total. The van der Waals surface area contributed by atoms with Crippen molar-refractivity contribution in [3.05, 3.63) is 11.4 Å². The van der Waals surface area contributed by atoms with Crippen molar-refractivity contribution in [3.63, 3.8) is 0 Å². The summed E-state index contributed by atoms with van der Waals surface area (Å²) in [7, 11) is 0. The van der Waals surface area contributed by atoms with Crippen molar-refractivity contribution in [1.29, 1.82) is 5.26 Å². The van der Waals surface area contributed by atoms with Gasteiger partial charge in [0.1, 0.15) is 0 Å². The van der Waals surface area contributed by atoms with Crippen LogP contribution in [0, 0.1) is 107 Å². The zero-order valence-electron chi connectivity index (χ0n) is 4.60. The van der Waals surface area contributed by atoms with E-state index in [9.17, 15) is 0 Å². The van der Waals surface area contributed by atoms with Crippen molar-refractivity contribution in [3.8, 4) is 6.07 Å². The Kier molecular flexibility index (Phi) is 23.8. The summed E-state index contributed by atoms with van der Waals surface area (Å²) in [5.74, 6) is 0. The van der Waals surface area contributed by atoms with E-state index in [1.165, 1.54) is 0 Å². The fourth-order valence-corrected chi connectivity index (χ4v) is 0.762. The quantitative estimate of drug-likeness (QED) is 0.320. The van der Waals surface area contributed by atoms with Crippen molar-refractivity contribution in [1.82, 2.24) is 0 Å². The van der Waals surface area contributed by atoms with Crippen LogP contribution in [0.25, 0.3) is 4.85 Å². The SMILES string of the molecule is [C-]#[N+][C](C#N)=[U]=[CH2].[U].[U]. The third kappa shape index (κ3) is 9.88. The van der Waals surface area contributed by atoms with E-state index in [1.54, 1.807) is 6.07 Å². The predicted octanol–water partition coefficient (Wildman–Crippen LogP) is 0.0762. The van der Waals surface area contributed by atoms with Crippen LogP contribution in [-0.4, -0.2) is 6.18 Å². The van der Waals surface area contributed by atoms with E-state index in [1.807, 2.05) is 0 Å². The Morgan fingerprint density at radius 2 is 2.11 bits per heavy atom. The molecule has 40 valence electrons. The Bertz CT molecular complexity index is 175. The van der Waals surface area contributed by atoms with Gasteiger partial charge in [0.25, 0.3) is 0 Å². The van der Waals surface area contributed by atoms with Gasteiger partial charge < -0.3 is 0 Å². The van der Waals surface area contributed by atoms with E-state index in [-0.39, 0.29) is 62.2 Å². The van der Waals surface area contributed by atoms with Crippen LogP contribution in [0.1, 0.15) is 0 Å². The third-order valence-corrected chi connectivity index (χ3v) is 2.71. The first-order valence-electron chi connectivity index (χ1n) is 1.52. The molecule has 0 amide bonds. The first-order chi connectivity index (χ1) is 3.35. The third-order valence-electron chi connectivity index (χ3n) is 0.385. The Labute approximate surface area is 115 Å². The first-order valence-corrected chi connectivity index (χ1v) is 6.55. The minimum Gasteiger partial charge on any atom is 0 e. The van der Waals surface area contributed by atoms with Crippen molar-refractivity contribution in [2.75, 3.05) is 0 Å². The van der Waals surface area contributed by atoms with E-state index >= 15 is 0 Å². The van der Waals surface area contributed by atoms with Gasteiger partial charge in [-0.05, 0) is 0 Å². The molecule has 0 aliphatic rings. The fraction of sp³-hybridized carbons (Fsp3) is 0. The summed E-state index contributed by atoms with van der Waals surface area (Å²) in [5, 5.41) is 8.04. The molecular formula is C4H2N2U3. The molecule has 0 aliphatic carbocycles. The summed E-state index contributed by atoms with van der Waals surface area (Å²) in [6.07, 6.45) is 0. The van der Waals surface area contributed by atoms with E-state index in [2.05, 4.69) is 8.38 Å². The topological polar surface area (TPSA) is 28.1 Å². The molecule has 0 spiro atoms. The summed E-state index contributed by atoms with van der Waals surface area (Å²) in [6.45, 7) is 6.34. The van der Waals surface area contributed by atoms with Gasteiger partial charge in [0, 0.05) is 62.2 Å². The van der Waals surface area contributed by atoms with Crippen LogP contribution < -0.4 is 0 Å². The van der Waals surface area contributed by atoms with Crippen molar-refractivity contribution >= 4 is 6.18 Å². The second-order valence-corrected chi connectivity index (χ2v) is 4.19. The van der Waals surface area contributed by atoms with Crippen LogP contribution in [0.4, 0.5) is 0 Å². The molecule has 0 atom stereocenters. The van der Waals surface area contributed by atoms with Gasteiger partial charge in [-0.1, -0.05) is 0 Å². The van der Waals surface area contributed by atoms with E-state index < -0.39 is 26.7 Å². The fourth-order valence-electron chi connectivity index (χ4n) is 0.104. The maximum Gasteiger partial charge on any atom is 0 e.